The van der Waals surface area contributed by atoms with Crippen molar-refractivity contribution in [1.29, 1.82) is 0 Å². The van der Waals surface area contributed by atoms with Gasteiger partial charge in [0.15, 0.2) is 0 Å². The summed E-state index contributed by atoms with van der Waals surface area (Å²) >= 11 is 0. The monoisotopic (exact) mass is 227 g/mol. The van der Waals surface area contributed by atoms with Gasteiger partial charge in [-0.3, -0.25) is 9.78 Å². The van der Waals surface area contributed by atoms with Crippen LogP contribution in [0.25, 0.3) is 0 Å². The molecule has 1 heterocycles. The molecule has 1 aromatic carbocycles. The molecule has 0 aliphatic heterocycles. The fourth-order valence-corrected chi connectivity index (χ4v) is 1.51. The Morgan fingerprint density at radius 2 is 2.12 bits per heavy atom. The van der Waals surface area contributed by atoms with Gasteiger partial charge in [0.1, 0.15) is 0 Å². The van der Waals surface area contributed by atoms with Crippen molar-refractivity contribution >= 4 is 17.3 Å². The maximum Gasteiger partial charge on any atom is 0.255 e. The van der Waals surface area contributed by atoms with Gasteiger partial charge in [0.05, 0.1) is 0 Å². The van der Waals surface area contributed by atoms with Crippen LogP contribution in [0.1, 0.15) is 16.1 Å². The molecule has 0 saturated heterocycles. The lowest BCUT2D eigenvalue weighted by Crippen LogP contribution is -2.12. The summed E-state index contributed by atoms with van der Waals surface area (Å²) in [7, 11) is 0. The van der Waals surface area contributed by atoms with Crippen molar-refractivity contribution in [3.05, 3.63) is 53.9 Å². The summed E-state index contributed by atoms with van der Waals surface area (Å²) < 4.78 is 0. The molecule has 2 aromatic rings. The fraction of sp³-hybridized carbons (Fsp3) is 0.0769. The second-order valence-corrected chi connectivity index (χ2v) is 3.77. The first-order valence-corrected chi connectivity index (χ1v) is 5.25. The number of aryl methyl sites for hydroxylation is 1. The third-order valence-electron chi connectivity index (χ3n) is 2.30. The normalized spacial score (nSPS) is 9.94. The average molecular weight is 227 g/mol. The van der Waals surface area contributed by atoms with Gasteiger partial charge >= 0.3 is 0 Å². The Balaban J connectivity index is 2.17. The van der Waals surface area contributed by atoms with E-state index in [1.54, 1.807) is 36.5 Å². The maximum absolute atomic E-state index is 11.9. The number of carbonyl (C=O) groups excluding carboxylic acids is 1. The smallest absolute Gasteiger partial charge is 0.255 e. The Morgan fingerprint density at radius 3 is 2.82 bits per heavy atom. The first-order valence-electron chi connectivity index (χ1n) is 5.25. The second kappa shape index (κ2) is 4.65. The molecule has 0 saturated carbocycles. The van der Waals surface area contributed by atoms with Crippen LogP contribution in [-0.4, -0.2) is 10.9 Å². The predicted molar refractivity (Wildman–Crippen MR) is 67.8 cm³/mol. The number of pyridine rings is 1. The SMILES string of the molecule is Cc1cc(NC(=O)c2cccc(N)c2)ccn1. The van der Waals surface area contributed by atoms with Gasteiger partial charge in [-0.1, -0.05) is 6.07 Å². The highest BCUT2D eigenvalue weighted by Crippen LogP contribution is 2.11. The fourth-order valence-electron chi connectivity index (χ4n) is 1.51. The molecular weight excluding hydrogens is 214 g/mol. The van der Waals surface area contributed by atoms with Crippen LogP contribution in [0.15, 0.2) is 42.6 Å². The number of hydrogen-bond donors (Lipinski definition) is 2. The van der Waals surface area contributed by atoms with E-state index in [1.165, 1.54) is 0 Å². The summed E-state index contributed by atoms with van der Waals surface area (Å²) in [6, 6.07) is 10.4. The lowest BCUT2D eigenvalue weighted by Gasteiger charge is -2.06. The molecular formula is C13H13N3O. The molecule has 2 rings (SSSR count). The van der Waals surface area contributed by atoms with E-state index >= 15 is 0 Å². The number of nitrogens with two attached hydrogens (primary N) is 1. The topological polar surface area (TPSA) is 68.0 Å². The van der Waals surface area contributed by atoms with E-state index in [0.717, 1.165) is 11.4 Å². The van der Waals surface area contributed by atoms with Crippen molar-refractivity contribution in [1.82, 2.24) is 4.98 Å². The van der Waals surface area contributed by atoms with Crippen molar-refractivity contribution in [2.24, 2.45) is 0 Å². The van der Waals surface area contributed by atoms with Crippen LogP contribution in [-0.2, 0) is 0 Å². The van der Waals surface area contributed by atoms with Crippen LogP contribution >= 0.6 is 0 Å². The Morgan fingerprint density at radius 1 is 1.29 bits per heavy atom. The first kappa shape index (κ1) is 11.1. The summed E-state index contributed by atoms with van der Waals surface area (Å²) in [6.45, 7) is 1.87. The van der Waals surface area contributed by atoms with Crippen LogP contribution in [0.5, 0.6) is 0 Å². The van der Waals surface area contributed by atoms with E-state index in [0.29, 0.717) is 11.3 Å². The van der Waals surface area contributed by atoms with Crippen molar-refractivity contribution in [2.45, 2.75) is 6.92 Å². The van der Waals surface area contributed by atoms with Crippen LogP contribution in [0.2, 0.25) is 0 Å². The third kappa shape index (κ3) is 2.81. The predicted octanol–water partition coefficient (Wildman–Crippen LogP) is 2.22. The van der Waals surface area contributed by atoms with Gasteiger partial charge in [0.25, 0.3) is 5.91 Å². The van der Waals surface area contributed by atoms with E-state index in [-0.39, 0.29) is 5.91 Å². The molecule has 0 fully saturated rings. The number of anilines is 2. The molecule has 0 atom stereocenters. The highest BCUT2D eigenvalue weighted by atomic mass is 16.1. The maximum atomic E-state index is 11.9. The van der Waals surface area contributed by atoms with Crippen LogP contribution in [0, 0.1) is 6.92 Å². The van der Waals surface area contributed by atoms with E-state index in [4.69, 9.17) is 5.73 Å². The van der Waals surface area contributed by atoms with E-state index in [2.05, 4.69) is 10.3 Å². The van der Waals surface area contributed by atoms with Gasteiger partial charge in [-0.15, -0.1) is 0 Å². The minimum atomic E-state index is -0.178. The molecule has 0 radical (unpaired) electrons. The largest absolute Gasteiger partial charge is 0.399 e. The first-order chi connectivity index (χ1) is 8.15. The summed E-state index contributed by atoms with van der Waals surface area (Å²) in [6.07, 6.45) is 1.66. The molecule has 4 nitrogen and oxygen atoms in total. The number of nitrogens with zero attached hydrogens (tertiary/aromatic N) is 1. The molecule has 1 amide bonds. The standard InChI is InChI=1S/C13H13N3O/c1-9-7-12(5-6-15-9)16-13(17)10-3-2-4-11(14)8-10/h2-8H,14H2,1H3,(H,15,16,17). The minimum absolute atomic E-state index is 0.178. The molecule has 4 heteroatoms. The number of nitrogens with one attached hydrogen (secondary N) is 1. The quantitative estimate of drug-likeness (QED) is 0.773. The number of rotatable bonds is 2. The van der Waals surface area contributed by atoms with E-state index < -0.39 is 0 Å². The van der Waals surface area contributed by atoms with Crippen LogP contribution < -0.4 is 11.1 Å². The van der Waals surface area contributed by atoms with Gasteiger partial charge in [-0.25, -0.2) is 0 Å². The zero-order valence-electron chi connectivity index (χ0n) is 9.47. The summed E-state index contributed by atoms with van der Waals surface area (Å²) in [4.78, 5) is 16.0. The van der Waals surface area contributed by atoms with Crippen molar-refractivity contribution in [3.8, 4) is 0 Å². The zero-order valence-corrected chi connectivity index (χ0v) is 9.47. The van der Waals surface area contributed by atoms with E-state index in [1.807, 2.05) is 13.0 Å². The molecule has 3 N–H and O–H groups in total. The molecule has 17 heavy (non-hydrogen) atoms. The molecule has 86 valence electrons. The van der Waals surface area contributed by atoms with Crippen LogP contribution in [0.4, 0.5) is 11.4 Å². The third-order valence-corrected chi connectivity index (χ3v) is 2.30. The molecule has 0 spiro atoms. The lowest BCUT2D eigenvalue weighted by atomic mass is 10.2. The Labute approximate surface area is 99.5 Å². The molecule has 0 aliphatic rings. The minimum Gasteiger partial charge on any atom is -0.399 e. The van der Waals surface area contributed by atoms with Gasteiger partial charge in [-0.05, 0) is 37.3 Å². The van der Waals surface area contributed by atoms with Gasteiger partial charge in [0.2, 0.25) is 0 Å². The average Bonchev–Trinajstić information content (AvgIpc) is 2.29. The van der Waals surface area contributed by atoms with Crippen LogP contribution in [0.3, 0.4) is 0 Å². The summed E-state index contributed by atoms with van der Waals surface area (Å²) in [5.74, 6) is -0.178. The molecule has 0 unspecified atom stereocenters. The number of aromatic nitrogens is 1. The highest BCUT2D eigenvalue weighted by Gasteiger charge is 2.06. The Hall–Kier alpha value is -2.36. The Kier molecular flexibility index (Phi) is 3.05. The van der Waals surface area contributed by atoms with Crippen molar-refractivity contribution < 1.29 is 4.79 Å². The molecule has 0 bridgehead atoms. The number of amides is 1. The number of nitrogen functional groups attached to an aromatic ring is 1. The summed E-state index contributed by atoms with van der Waals surface area (Å²) in [5, 5.41) is 2.79. The van der Waals surface area contributed by atoms with E-state index in [9.17, 15) is 4.79 Å². The number of carbonyl (C=O) groups is 1. The zero-order chi connectivity index (χ0) is 12.3. The lowest BCUT2D eigenvalue weighted by molar-refractivity contribution is 0.102. The number of benzene rings is 1. The summed E-state index contributed by atoms with van der Waals surface area (Å²) in [5.41, 5.74) is 8.32. The van der Waals surface area contributed by atoms with Gasteiger partial charge < -0.3 is 11.1 Å². The van der Waals surface area contributed by atoms with Crippen molar-refractivity contribution in [2.75, 3.05) is 11.1 Å². The molecule has 0 aliphatic carbocycles. The molecule has 1 aromatic heterocycles. The highest BCUT2D eigenvalue weighted by molar-refractivity contribution is 6.04. The second-order valence-electron chi connectivity index (χ2n) is 3.77. The van der Waals surface area contributed by atoms with Gasteiger partial charge in [-0.2, -0.15) is 0 Å². The van der Waals surface area contributed by atoms with Gasteiger partial charge in [0, 0.05) is 28.8 Å². The number of hydrogen-bond acceptors (Lipinski definition) is 3. The van der Waals surface area contributed by atoms with Crippen molar-refractivity contribution in [3.63, 3.8) is 0 Å². The Bertz CT molecular complexity index is 552.